The zero-order chi connectivity index (χ0) is 22.1. The lowest BCUT2D eigenvalue weighted by Gasteiger charge is -2.26. The molecule has 0 N–H and O–H groups in total. The van der Waals surface area contributed by atoms with Crippen molar-refractivity contribution in [2.75, 3.05) is 39.5 Å². The van der Waals surface area contributed by atoms with Crippen LogP contribution in [0.15, 0.2) is 48.7 Å². The summed E-state index contributed by atoms with van der Waals surface area (Å²) in [5, 5.41) is 3.10. The third-order valence-corrected chi connectivity index (χ3v) is 6.49. The molecule has 166 valence electrons. The lowest BCUT2D eigenvalue weighted by molar-refractivity contribution is 0.0322. The Hall–Kier alpha value is -2.60. The number of halogens is 1. The second kappa shape index (κ2) is 9.10. The van der Waals surface area contributed by atoms with Crippen molar-refractivity contribution in [1.82, 2.24) is 14.5 Å². The van der Waals surface area contributed by atoms with Crippen LogP contribution < -0.4 is 4.74 Å². The molecule has 32 heavy (non-hydrogen) atoms. The molecule has 6 heteroatoms. The lowest BCUT2D eigenvalue weighted by atomic mass is 10.0. The van der Waals surface area contributed by atoms with Gasteiger partial charge in [0.1, 0.15) is 12.4 Å². The SMILES string of the molecule is CCn1c2c(-c3ccc(OCCN4CCOCC4)cc3)cc(Cl)cc2c2ccnc(C)c21. The summed E-state index contributed by atoms with van der Waals surface area (Å²) in [5.74, 6) is 0.886. The Morgan fingerprint density at radius 2 is 1.81 bits per heavy atom. The number of ether oxygens (including phenoxy) is 2. The Bertz CT molecular complexity index is 1240. The number of nitrogens with zero attached hydrogens (tertiary/aromatic N) is 3. The van der Waals surface area contributed by atoms with Crippen molar-refractivity contribution in [2.24, 2.45) is 0 Å². The van der Waals surface area contributed by atoms with E-state index < -0.39 is 0 Å². The first-order valence-corrected chi connectivity index (χ1v) is 11.6. The largest absolute Gasteiger partial charge is 0.492 e. The number of benzene rings is 2. The molecule has 2 aromatic heterocycles. The second-order valence-electron chi connectivity index (χ2n) is 8.21. The van der Waals surface area contributed by atoms with Crippen molar-refractivity contribution in [3.8, 4) is 16.9 Å². The quantitative estimate of drug-likeness (QED) is 0.387. The molecule has 2 aromatic carbocycles. The normalized spacial score (nSPS) is 15.0. The zero-order valence-corrected chi connectivity index (χ0v) is 19.4. The van der Waals surface area contributed by atoms with Crippen LogP contribution >= 0.6 is 11.6 Å². The summed E-state index contributed by atoms with van der Waals surface area (Å²) in [4.78, 5) is 6.91. The van der Waals surface area contributed by atoms with E-state index >= 15 is 0 Å². The van der Waals surface area contributed by atoms with E-state index in [1.807, 2.05) is 18.3 Å². The second-order valence-corrected chi connectivity index (χ2v) is 8.65. The summed E-state index contributed by atoms with van der Waals surface area (Å²) in [6.45, 7) is 10.3. The molecular formula is C26H28ClN3O2. The van der Waals surface area contributed by atoms with E-state index in [4.69, 9.17) is 21.1 Å². The monoisotopic (exact) mass is 449 g/mol. The summed E-state index contributed by atoms with van der Waals surface area (Å²) in [5.41, 5.74) is 5.66. The van der Waals surface area contributed by atoms with E-state index in [0.29, 0.717) is 6.61 Å². The van der Waals surface area contributed by atoms with Crippen LogP contribution in [0.25, 0.3) is 32.9 Å². The number of rotatable bonds is 6. The molecule has 1 aliphatic heterocycles. The smallest absolute Gasteiger partial charge is 0.119 e. The van der Waals surface area contributed by atoms with Gasteiger partial charge in [0.2, 0.25) is 0 Å². The van der Waals surface area contributed by atoms with Gasteiger partial charge in [-0.3, -0.25) is 9.88 Å². The minimum absolute atomic E-state index is 0.678. The fraction of sp³-hybridized carbons (Fsp3) is 0.346. The van der Waals surface area contributed by atoms with E-state index in [0.717, 1.165) is 67.0 Å². The fourth-order valence-electron chi connectivity index (χ4n) is 4.71. The first-order chi connectivity index (χ1) is 15.7. The Kier molecular flexibility index (Phi) is 6.05. The van der Waals surface area contributed by atoms with E-state index in [-0.39, 0.29) is 0 Å². The number of hydrogen-bond donors (Lipinski definition) is 0. The van der Waals surface area contributed by atoms with Crippen molar-refractivity contribution in [3.63, 3.8) is 0 Å². The molecule has 3 heterocycles. The molecule has 0 atom stereocenters. The maximum atomic E-state index is 6.58. The van der Waals surface area contributed by atoms with E-state index in [9.17, 15) is 0 Å². The predicted octanol–water partition coefficient (Wildman–Crippen LogP) is 5.55. The third-order valence-electron chi connectivity index (χ3n) is 6.27. The molecule has 0 radical (unpaired) electrons. The number of fused-ring (bicyclic) bond motifs is 3. The van der Waals surface area contributed by atoms with Crippen LogP contribution in [0.2, 0.25) is 5.02 Å². The van der Waals surface area contributed by atoms with E-state index in [2.05, 4.69) is 58.6 Å². The topological polar surface area (TPSA) is 39.5 Å². The van der Waals surface area contributed by atoms with Gasteiger partial charge in [-0.15, -0.1) is 0 Å². The first kappa shape index (κ1) is 21.3. The van der Waals surface area contributed by atoms with Crippen molar-refractivity contribution in [2.45, 2.75) is 20.4 Å². The molecule has 1 aliphatic rings. The highest BCUT2D eigenvalue weighted by Gasteiger charge is 2.17. The van der Waals surface area contributed by atoms with Crippen LogP contribution in [0.1, 0.15) is 12.6 Å². The van der Waals surface area contributed by atoms with Gasteiger partial charge in [0.15, 0.2) is 0 Å². The number of pyridine rings is 1. The zero-order valence-electron chi connectivity index (χ0n) is 18.6. The molecule has 0 aliphatic carbocycles. The number of hydrogen-bond acceptors (Lipinski definition) is 4. The maximum absolute atomic E-state index is 6.58. The third kappa shape index (κ3) is 3.96. The molecule has 0 saturated carbocycles. The van der Waals surface area contributed by atoms with Crippen LogP contribution in [-0.2, 0) is 11.3 Å². The highest BCUT2D eigenvalue weighted by molar-refractivity contribution is 6.32. The highest BCUT2D eigenvalue weighted by Crippen LogP contribution is 2.39. The van der Waals surface area contributed by atoms with E-state index in [1.165, 1.54) is 21.8 Å². The summed E-state index contributed by atoms with van der Waals surface area (Å²) in [7, 11) is 0. The van der Waals surface area contributed by atoms with E-state index in [1.54, 1.807) is 0 Å². The van der Waals surface area contributed by atoms with Crippen molar-refractivity contribution >= 4 is 33.4 Å². The Morgan fingerprint density at radius 1 is 1.03 bits per heavy atom. The molecular weight excluding hydrogens is 422 g/mol. The molecule has 1 saturated heterocycles. The summed E-state index contributed by atoms with van der Waals surface area (Å²) < 4.78 is 13.8. The van der Waals surface area contributed by atoms with Crippen molar-refractivity contribution in [3.05, 3.63) is 59.4 Å². The van der Waals surface area contributed by atoms with Crippen molar-refractivity contribution in [1.29, 1.82) is 0 Å². The number of morpholine rings is 1. The Labute approximate surface area is 193 Å². The molecule has 0 bridgehead atoms. The Balaban J connectivity index is 1.46. The number of aryl methyl sites for hydroxylation is 2. The first-order valence-electron chi connectivity index (χ1n) is 11.3. The van der Waals surface area contributed by atoms with Gasteiger partial charge in [-0.25, -0.2) is 0 Å². The van der Waals surface area contributed by atoms with Gasteiger partial charge in [0.05, 0.1) is 29.9 Å². The highest BCUT2D eigenvalue weighted by atomic mass is 35.5. The summed E-state index contributed by atoms with van der Waals surface area (Å²) in [6, 6.07) is 14.6. The van der Waals surface area contributed by atoms with Crippen LogP contribution in [0.3, 0.4) is 0 Å². The average Bonchev–Trinajstić information content (AvgIpc) is 3.14. The van der Waals surface area contributed by atoms with Gasteiger partial charge >= 0.3 is 0 Å². The van der Waals surface area contributed by atoms with Gasteiger partial charge < -0.3 is 14.0 Å². The fourth-order valence-corrected chi connectivity index (χ4v) is 4.93. The van der Waals surface area contributed by atoms with Crippen molar-refractivity contribution < 1.29 is 9.47 Å². The minimum Gasteiger partial charge on any atom is -0.492 e. The summed E-state index contributed by atoms with van der Waals surface area (Å²) >= 11 is 6.58. The molecule has 4 aromatic rings. The molecule has 1 fully saturated rings. The molecule has 0 unspecified atom stereocenters. The van der Waals surface area contributed by atoms with Gasteiger partial charge in [0.25, 0.3) is 0 Å². The molecule has 5 nitrogen and oxygen atoms in total. The van der Waals surface area contributed by atoms with Crippen LogP contribution in [0.4, 0.5) is 0 Å². The number of aromatic nitrogens is 2. The molecule has 0 spiro atoms. The lowest BCUT2D eigenvalue weighted by Crippen LogP contribution is -2.38. The van der Waals surface area contributed by atoms with Gasteiger partial charge in [0, 0.05) is 53.7 Å². The van der Waals surface area contributed by atoms with Gasteiger partial charge in [-0.1, -0.05) is 23.7 Å². The van der Waals surface area contributed by atoms with Gasteiger partial charge in [-0.05, 0) is 49.7 Å². The Morgan fingerprint density at radius 3 is 2.56 bits per heavy atom. The van der Waals surface area contributed by atoms with Crippen LogP contribution in [0.5, 0.6) is 5.75 Å². The minimum atomic E-state index is 0.678. The standard InChI is InChI=1S/C26H28ClN3O2/c1-3-30-25-18(2)28-9-8-22(25)24-17-20(27)16-23(26(24)30)19-4-6-21(7-5-19)32-15-12-29-10-13-31-14-11-29/h4-9,16-17H,3,10-15H2,1-2H3. The summed E-state index contributed by atoms with van der Waals surface area (Å²) in [6.07, 6.45) is 1.88. The molecule has 0 amide bonds. The van der Waals surface area contributed by atoms with Crippen LogP contribution in [-0.4, -0.2) is 53.9 Å². The van der Waals surface area contributed by atoms with Crippen LogP contribution in [0, 0.1) is 6.92 Å². The predicted molar refractivity (Wildman–Crippen MR) is 131 cm³/mol. The molecule has 5 rings (SSSR count). The maximum Gasteiger partial charge on any atom is 0.119 e. The average molecular weight is 450 g/mol. The van der Waals surface area contributed by atoms with Gasteiger partial charge in [-0.2, -0.15) is 0 Å².